The average molecular weight is 541 g/mol. The molecule has 1 unspecified atom stereocenters. The molecule has 4 aromatic rings. The SMILES string of the molecule is CCc1cnc2[nH]c(N3CCC(c4ccc(N(C=O)C(CCC=O)C(=O)NC)c5c(C)cccc45)CC3)cc2n1. The maximum atomic E-state index is 12.7. The van der Waals surface area contributed by atoms with Gasteiger partial charge in [-0.3, -0.25) is 9.59 Å². The third kappa shape index (κ3) is 5.15. The van der Waals surface area contributed by atoms with Gasteiger partial charge in [-0.15, -0.1) is 0 Å². The number of nitrogens with one attached hydrogen (secondary N) is 2. The maximum absolute atomic E-state index is 12.7. The number of amides is 2. The van der Waals surface area contributed by atoms with Crippen LogP contribution in [-0.4, -0.2) is 59.7 Å². The summed E-state index contributed by atoms with van der Waals surface area (Å²) in [6.07, 6.45) is 6.59. The van der Waals surface area contributed by atoms with E-state index in [-0.39, 0.29) is 18.7 Å². The molecule has 1 aliphatic rings. The zero-order valence-corrected chi connectivity index (χ0v) is 23.3. The highest BCUT2D eigenvalue weighted by molar-refractivity contribution is 6.05. The third-order valence-electron chi connectivity index (χ3n) is 8.10. The number of aromatic amines is 1. The fourth-order valence-corrected chi connectivity index (χ4v) is 5.95. The van der Waals surface area contributed by atoms with E-state index in [1.165, 1.54) is 10.5 Å². The summed E-state index contributed by atoms with van der Waals surface area (Å²) in [6, 6.07) is 11.6. The Hall–Kier alpha value is -4.27. The second-order valence-corrected chi connectivity index (χ2v) is 10.4. The molecular weight excluding hydrogens is 504 g/mol. The molecule has 208 valence electrons. The van der Waals surface area contributed by atoms with Crippen LogP contribution in [0.2, 0.25) is 0 Å². The van der Waals surface area contributed by atoms with Crippen LogP contribution in [0.1, 0.15) is 55.3 Å². The van der Waals surface area contributed by atoms with Crippen molar-refractivity contribution in [2.75, 3.05) is 29.9 Å². The molecule has 40 heavy (non-hydrogen) atoms. The van der Waals surface area contributed by atoms with Crippen LogP contribution in [0.5, 0.6) is 0 Å². The standard InChI is InChI=1S/C31H36N6O3/c1-4-22-18-33-30-25(34-22)17-28(35-30)36-14-12-21(13-15-36)23-10-11-26(29-20(2)7-5-8-24(23)29)37(19-39)27(9-6-16-38)31(40)32-3/h5,7-8,10-11,16-19,21,27H,4,6,9,12-15H2,1-3H3,(H,32,40)(H,33,35). The normalized spacial score (nSPS) is 14.8. The number of fused-ring (bicyclic) bond motifs is 2. The molecule has 1 fully saturated rings. The number of nitrogens with zero attached hydrogens (tertiary/aromatic N) is 4. The number of hydrogen-bond acceptors (Lipinski definition) is 6. The summed E-state index contributed by atoms with van der Waals surface area (Å²) in [5.41, 5.74) is 5.68. The fourth-order valence-electron chi connectivity index (χ4n) is 5.95. The first-order chi connectivity index (χ1) is 19.5. The van der Waals surface area contributed by atoms with Crippen molar-refractivity contribution in [3.8, 4) is 0 Å². The van der Waals surface area contributed by atoms with Crippen molar-refractivity contribution in [3.63, 3.8) is 0 Å². The molecule has 0 saturated carbocycles. The van der Waals surface area contributed by atoms with Gasteiger partial charge in [0.05, 0.1) is 17.6 Å². The summed E-state index contributed by atoms with van der Waals surface area (Å²) in [5, 5.41) is 4.71. The highest BCUT2D eigenvalue weighted by Gasteiger charge is 2.29. The van der Waals surface area contributed by atoms with E-state index in [0.29, 0.717) is 18.0 Å². The molecule has 5 rings (SSSR count). The molecule has 2 N–H and O–H groups in total. The van der Waals surface area contributed by atoms with E-state index < -0.39 is 6.04 Å². The summed E-state index contributed by atoms with van der Waals surface area (Å²) in [5.74, 6) is 1.12. The van der Waals surface area contributed by atoms with E-state index >= 15 is 0 Å². The average Bonchev–Trinajstić information content (AvgIpc) is 3.42. The monoisotopic (exact) mass is 540 g/mol. The second-order valence-electron chi connectivity index (χ2n) is 10.4. The van der Waals surface area contributed by atoms with Crippen LogP contribution in [0.15, 0.2) is 42.6 Å². The molecule has 3 heterocycles. The number of anilines is 2. The first kappa shape index (κ1) is 27.3. The number of benzene rings is 2. The molecule has 1 atom stereocenters. The number of aryl methyl sites for hydroxylation is 2. The molecule has 0 bridgehead atoms. The number of likely N-dealkylation sites (N-methyl/N-ethyl adjacent to an activating group) is 1. The maximum Gasteiger partial charge on any atom is 0.242 e. The minimum absolute atomic E-state index is 0.193. The predicted octanol–water partition coefficient (Wildman–Crippen LogP) is 4.42. The lowest BCUT2D eigenvalue weighted by molar-refractivity contribution is -0.123. The smallest absolute Gasteiger partial charge is 0.242 e. The summed E-state index contributed by atoms with van der Waals surface area (Å²) in [4.78, 5) is 52.7. The van der Waals surface area contributed by atoms with Crippen LogP contribution in [0.3, 0.4) is 0 Å². The van der Waals surface area contributed by atoms with Crippen molar-refractivity contribution in [1.29, 1.82) is 0 Å². The molecule has 0 spiro atoms. The Kier molecular flexibility index (Phi) is 8.09. The van der Waals surface area contributed by atoms with Crippen LogP contribution in [-0.2, 0) is 20.8 Å². The minimum atomic E-state index is -0.765. The number of carbonyl (C=O) groups is 3. The second kappa shape index (κ2) is 11.9. The number of rotatable bonds is 10. The van der Waals surface area contributed by atoms with Crippen LogP contribution < -0.4 is 15.1 Å². The lowest BCUT2D eigenvalue weighted by Gasteiger charge is -2.34. The Morgan fingerprint density at radius 1 is 1.23 bits per heavy atom. The van der Waals surface area contributed by atoms with E-state index in [4.69, 9.17) is 4.98 Å². The van der Waals surface area contributed by atoms with Gasteiger partial charge >= 0.3 is 0 Å². The lowest BCUT2D eigenvalue weighted by Crippen LogP contribution is -2.45. The lowest BCUT2D eigenvalue weighted by atomic mass is 9.85. The molecule has 0 radical (unpaired) electrons. The van der Waals surface area contributed by atoms with Gasteiger partial charge in [0.1, 0.15) is 23.7 Å². The van der Waals surface area contributed by atoms with Gasteiger partial charge in [0.25, 0.3) is 0 Å². The van der Waals surface area contributed by atoms with Crippen molar-refractivity contribution < 1.29 is 14.4 Å². The first-order valence-corrected chi connectivity index (χ1v) is 14.0. The highest BCUT2D eigenvalue weighted by Crippen LogP contribution is 2.39. The Labute approximate surface area is 234 Å². The van der Waals surface area contributed by atoms with E-state index in [1.54, 1.807) is 7.05 Å². The number of aromatic nitrogens is 3. The molecule has 9 nitrogen and oxygen atoms in total. The quantitative estimate of drug-likeness (QED) is 0.288. The third-order valence-corrected chi connectivity index (χ3v) is 8.10. The van der Waals surface area contributed by atoms with Crippen LogP contribution in [0.25, 0.3) is 21.9 Å². The van der Waals surface area contributed by atoms with Crippen molar-refractivity contribution in [3.05, 3.63) is 59.4 Å². The van der Waals surface area contributed by atoms with Gasteiger partial charge in [-0.2, -0.15) is 0 Å². The predicted molar refractivity (Wildman–Crippen MR) is 158 cm³/mol. The molecule has 0 aliphatic carbocycles. The van der Waals surface area contributed by atoms with Crippen molar-refractivity contribution in [2.24, 2.45) is 0 Å². The summed E-state index contributed by atoms with van der Waals surface area (Å²) < 4.78 is 0. The zero-order valence-electron chi connectivity index (χ0n) is 23.3. The molecule has 1 saturated heterocycles. The van der Waals surface area contributed by atoms with Crippen LogP contribution in [0.4, 0.5) is 11.5 Å². The van der Waals surface area contributed by atoms with Gasteiger partial charge in [0, 0.05) is 38.0 Å². The van der Waals surface area contributed by atoms with E-state index in [9.17, 15) is 14.4 Å². The van der Waals surface area contributed by atoms with Gasteiger partial charge in [-0.1, -0.05) is 31.2 Å². The molecule has 2 amide bonds. The fraction of sp³-hybridized carbons (Fsp3) is 0.387. The minimum Gasteiger partial charge on any atom is -0.358 e. The van der Waals surface area contributed by atoms with Crippen molar-refractivity contribution >= 4 is 52.0 Å². The molecular formula is C31H36N6O3. The van der Waals surface area contributed by atoms with E-state index in [2.05, 4.69) is 45.3 Å². The highest BCUT2D eigenvalue weighted by atomic mass is 16.2. The van der Waals surface area contributed by atoms with Gasteiger partial charge in [0.2, 0.25) is 12.3 Å². The van der Waals surface area contributed by atoms with Crippen molar-refractivity contribution in [1.82, 2.24) is 20.3 Å². The molecule has 1 aliphatic heterocycles. The molecule has 2 aromatic heterocycles. The van der Waals surface area contributed by atoms with E-state index in [1.807, 2.05) is 31.3 Å². The van der Waals surface area contributed by atoms with Crippen LogP contribution in [0, 0.1) is 6.92 Å². The number of carbonyl (C=O) groups excluding carboxylic acids is 3. The molecule has 2 aromatic carbocycles. The van der Waals surface area contributed by atoms with Gasteiger partial charge in [0.15, 0.2) is 5.65 Å². The summed E-state index contributed by atoms with van der Waals surface area (Å²) in [7, 11) is 1.54. The van der Waals surface area contributed by atoms with Crippen LogP contribution >= 0.6 is 0 Å². The van der Waals surface area contributed by atoms with Crippen molar-refractivity contribution in [2.45, 2.75) is 57.9 Å². The number of H-pyrrole nitrogens is 1. The summed E-state index contributed by atoms with van der Waals surface area (Å²) >= 11 is 0. The van der Waals surface area contributed by atoms with Gasteiger partial charge in [-0.05, 0) is 61.1 Å². The Morgan fingerprint density at radius 2 is 2.02 bits per heavy atom. The Bertz CT molecular complexity index is 1540. The van der Waals surface area contributed by atoms with Gasteiger partial charge in [-0.25, -0.2) is 9.97 Å². The Balaban J connectivity index is 1.43. The molecule has 9 heteroatoms. The first-order valence-electron chi connectivity index (χ1n) is 14.0. The number of piperidine rings is 1. The zero-order chi connectivity index (χ0) is 28.2. The van der Waals surface area contributed by atoms with Gasteiger partial charge < -0.3 is 24.9 Å². The number of aldehydes is 1. The Morgan fingerprint density at radius 3 is 2.73 bits per heavy atom. The largest absolute Gasteiger partial charge is 0.358 e. The van der Waals surface area contributed by atoms with E-state index in [0.717, 1.165) is 77.6 Å². The number of hydrogen-bond donors (Lipinski definition) is 2. The summed E-state index contributed by atoms with van der Waals surface area (Å²) in [6.45, 7) is 5.91. The topological polar surface area (TPSA) is 111 Å².